The first-order valence-corrected chi connectivity index (χ1v) is 11.6. The van der Waals surface area contributed by atoms with Gasteiger partial charge in [-0.25, -0.2) is 21.9 Å². The number of halogens is 17. The van der Waals surface area contributed by atoms with Crippen molar-refractivity contribution in [1.82, 2.24) is 4.57 Å². The Morgan fingerprint density at radius 2 is 1.15 bits per heavy atom. The van der Waals surface area contributed by atoms with Gasteiger partial charge in [0.25, 0.3) is 0 Å². The third kappa shape index (κ3) is 5.73. The molecule has 230 valence electrons. The Bertz CT molecular complexity index is 1140. The minimum absolute atomic E-state index is 0.189. The van der Waals surface area contributed by atoms with Gasteiger partial charge in [0.2, 0.25) is 0 Å². The van der Waals surface area contributed by atoms with Crippen LogP contribution in [0, 0.1) is 0 Å². The maximum absolute atomic E-state index is 14.9. The molecular weight excluding hydrogens is 643 g/mol. The first kappa shape index (κ1) is 35.3. The zero-order valence-electron chi connectivity index (χ0n) is 18.1. The van der Waals surface area contributed by atoms with Crippen LogP contribution in [0.4, 0.5) is 74.6 Å². The summed E-state index contributed by atoms with van der Waals surface area (Å²) >= 11 is -2.12. The number of thioether (sulfide) groups is 1. The van der Waals surface area contributed by atoms with Crippen molar-refractivity contribution in [2.24, 2.45) is 7.05 Å². The van der Waals surface area contributed by atoms with Gasteiger partial charge < -0.3 is 4.55 Å². The molecule has 0 bridgehead atoms. The van der Waals surface area contributed by atoms with E-state index in [0.717, 1.165) is 0 Å². The summed E-state index contributed by atoms with van der Waals surface area (Å²) in [7, 11) is -4.41. The molecule has 5 nitrogen and oxygen atoms in total. The van der Waals surface area contributed by atoms with Crippen LogP contribution in [-0.2, 0) is 23.7 Å². The molecule has 1 aromatic heterocycles. The van der Waals surface area contributed by atoms with Gasteiger partial charge in [-0.3, -0.25) is 0 Å². The number of hydrogen-bond acceptors (Lipinski definition) is 4. The second-order valence-electron chi connectivity index (χ2n) is 7.57. The van der Waals surface area contributed by atoms with Crippen LogP contribution in [-0.4, -0.2) is 70.3 Å². The maximum Gasteiger partial charge on any atom is 0.460 e. The molecule has 0 N–H and O–H groups in total. The van der Waals surface area contributed by atoms with Crippen LogP contribution in [0.1, 0.15) is 6.42 Å². The van der Waals surface area contributed by atoms with E-state index in [1.54, 1.807) is 0 Å². The fourth-order valence-electron chi connectivity index (χ4n) is 2.62. The van der Waals surface area contributed by atoms with Gasteiger partial charge in [0, 0.05) is 17.5 Å². The Hall–Kier alpha value is -1.72. The van der Waals surface area contributed by atoms with Crippen molar-refractivity contribution >= 4 is 21.9 Å². The van der Waals surface area contributed by atoms with Gasteiger partial charge in [0.15, 0.2) is 0 Å². The van der Waals surface area contributed by atoms with Gasteiger partial charge in [-0.1, -0.05) is 0 Å². The highest BCUT2D eigenvalue weighted by Gasteiger charge is 2.95. The highest BCUT2D eigenvalue weighted by atomic mass is 32.2. The van der Waals surface area contributed by atoms with E-state index in [9.17, 15) is 87.6 Å². The molecule has 0 aliphatic heterocycles. The van der Waals surface area contributed by atoms with Crippen molar-refractivity contribution < 1.29 is 92.2 Å². The van der Waals surface area contributed by atoms with E-state index in [0.29, 0.717) is 19.4 Å². The highest BCUT2D eigenvalue weighted by Crippen LogP contribution is 2.66. The Labute approximate surface area is 209 Å². The third-order valence-corrected chi connectivity index (χ3v) is 7.01. The van der Waals surface area contributed by atoms with Gasteiger partial charge in [-0.15, -0.1) is 0 Å². The topological polar surface area (TPSA) is 66.0 Å². The molecule has 0 amide bonds. The smallest absolute Gasteiger partial charge is 0.460 e. The van der Waals surface area contributed by atoms with E-state index in [1.165, 1.54) is 0 Å². The van der Waals surface area contributed by atoms with Crippen molar-refractivity contribution in [2.75, 3.05) is 5.75 Å². The van der Waals surface area contributed by atoms with E-state index in [1.807, 2.05) is 0 Å². The molecule has 0 radical (unpaired) electrons. The second-order valence-corrected chi connectivity index (χ2v) is 10.2. The number of alkyl halides is 17. The van der Waals surface area contributed by atoms with Crippen molar-refractivity contribution in [1.29, 1.82) is 0 Å². The van der Waals surface area contributed by atoms with E-state index in [-0.39, 0.29) is 9.13 Å². The van der Waals surface area contributed by atoms with Crippen LogP contribution in [0.25, 0.3) is 0 Å². The Kier molecular flexibility index (Phi) is 9.03. The van der Waals surface area contributed by atoms with Crippen molar-refractivity contribution in [3.63, 3.8) is 0 Å². The van der Waals surface area contributed by atoms with Crippen LogP contribution in [0.15, 0.2) is 17.6 Å². The lowest BCUT2D eigenvalue weighted by atomic mass is 9.91. The van der Waals surface area contributed by atoms with Crippen molar-refractivity contribution in [3.05, 3.63) is 12.4 Å². The molecule has 1 rings (SSSR count). The monoisotopic (exact) mass is 654 g/mol. The number of nitrogens with zero attached hydrogens (tertiary/aromatic N) is 2. The second kappa shape index (κ2) is 9.98. The quantitative estimate of drug-likeness (QED) is 0.141. The molecule has 1 aromatic rings. The number of rotatable bonds is 11. The molecule has 0 spiro atoms. The van der Waals surface area contributed by atoms with Crippen LogP contribution >= 0.6 is 11.8 Å². The van der Waals surface area contributed by atoms with E-state index in [4.69, 9.17) is 0 Å². The summed E-state index contributed by atoms with van der Waals surface area (Å²) in [6.07, 6.45) is -15.0. The predicted molar refractivity (Wildman–Crippen MR) is 91.3 cm³/mol. The number of aromatic nitrogens is 2. The zero-order chi connectivity index (χ0) is 31.5. The minimum Gasteiger partial charge on any atom is -0.748 e. The third-order valence-electron chi connectivity index (χ3n) is 4.74. The average Bonchev–Trinajstić information content (AvgIpc) is 3.03. The molecule has 24 heteroatoms. The molecule has 0 aliphatic carbocycles. The summed E-state index contributed by atoms with van der Waals surface area (Å²) in [4.78, 5) is 0. The van der Waals surface area contributed by atoms with E-state index in [2.05, 4.69) is 0 Å². The molecule has 1 heterocycles. The minimum atomic E-state index is -8.68. The van der Waals surface area contributed by atoms with Crippen LogP contribution < -0.4 is 4.57 Å². The first-order valence-electron chi connectivity index (χ1n) is 9.22. The molecule has 0 aliphatic rings. The van der Waals surface area contributed by atoms with Gasteiger partial charge in [0.05, 0.1) is 23.7 Å². The Morgan fingerprint density at radius 3 is 1.54 bits per heavy atom. The normalized spacial score (nSPS) is 16.9. The summed E-state index contributed by atoms with van der Waals surface area (Å²) in [5, 5.41) is -8.74. The lowest BCUT2D eigenvalue weighted by Crippen LogP contribution is -2.74. The lowest BCUT2D eigenvalue weighted by Gasteiger charge is -2.43. The maximum atomic E-state index is 14.9. The van der Waals surface area contributed by atoms with E-state index >= 15 is 0 Å². The summed E-state index contributed by atoms with van der Waals surface area (Å²) < 4.78 is 261. The predicted octanol–water partition coefficient (Wildman–Crippen LogP) is 5.31. The number of aryl methyl sites for hydroxylation is 2. The molecule has 0 saturated heterocycles. The molecule has 39 heavy (non-hydrogen) atoms. The molecule has 1 atom stereocenters. The molecular formula is C15H11F17N2O3S2. The first-order chi connectivity index (χ1) is 16.8. The van der Waals surface area contributed by atoms with Crippen LogP contribution in [0.3, 0.4) is 0 Å². The summed E-state index contributed by atoms with van der Waals surface area (Å²) in [6, 6.07) is 0. The SMILES string of the molecule is C[n+]1ccn(CCCS(=O)(=O)[O-])c1SC(F)(C(F)(F)F)C(F)(F)C(F)(F)C(F)(F)C(F)(F)C(F)(F)C(F)(F)F. The van der Waals surface area contributed by atoms with Gasteiger partial charge in [-0.2, -0.15) is 70.2 Å². The van der Waals surface area contributed by atoms with Crippen LogP contribution in [0.5, 0.6) is 0 Å². The largest absolute Gasteiger partial charge is 0.748 e. The van der Waals surface area contributed by atoms with Gasteiger partial charge in [-0.05, 0) is 6.42 Å². The molecule has 0 fully saturated rings. The van der Waals surface area contributed by atoms with Crippen LogP contribution in [0.2, 0.25) is 0 Å². The number of imidazole rings is 1. The lowest BCUT2D eigenvalue weighted by molar-refractivity contribution is -0.709. The van der Waals surface area contributed by atoms with E-state index < -0.39 is 92.7 Å². The highest BCUT2D eigenvalue weighted by molar-refractivity contribution is 8.00. The molecule has 1 unspecified atom stereocenters. The summed E-state index contributed by atoms with van der Waals surface area (Å²) in [5.41, 5.74) is 0. The number of hydrogen-bond donors (Lipinski definition) is 0. The standard InChI is InChI=1S/C15H11F17N2O3S2/c1-33-4-5-34(3-2-6-39(35,36)37)7(33)38-13(26,15(30,31)32)11(22,23)9(18,19)8(16,17)10(20,21)12(24,25)14(27,28)29/h4-5H,2-3,6H2,1H3. The molecule has 0 saturated carbocycles. The van der Waals surface area contributed by atoms with Crippen molar-refractivity contribution in [2.45, 2.75) is 65.1 Å². The summed E-state index contributed by atoms with van der Waals surface area (Å²) in [6.45, 7) is -0.966. The van der Waals surface area contributed by atoms with Gasteiger partial charge >= 0.3 is 52.1 Å². The Morgan fingerprint density at radius 1 is 0.744 bits per heavy atom. The average molecular weight is 654 g/mol. The van der Waals surface area contributed by atoms with Crippen molar-refractivity contribution in [3.8, 4) is 0 Å². The Balaban J connectivity index is 3.76. The summed E-state index contributed by atoms with van der Waals surface area (Å²) in [5.74, 6) is -43.6. The van der Waals surface area contributed by atoms with Gasteiger partial charge in [0.1, 0.15) is 12.4 Å². The zero-order valence-corrected chi connectivity index (χ0v) is 19.8. The fourth-order valence-corrected chi connectivity index (χ4v) is 4.20. The fraction of sp³-hybridized carbons (Fsp3) is 0.800. The molecule has 0 aromatic carbocycles.